The van der Waals surface area contributed by atoms with Gasteiger partial charge < -0.3 is 24.7 Å². The topological polar surface area (TPSA) is 90.3 Å². The number of benzene rings is 3. The Bertz CT molecular complexity index is 1280. The Balaban J connectivity index is 1.70. The summed E-state index contributed by atoms with van der Waals surface area (Å²) in [4.78, 5) is 29.6. The molecule has 1 aliphatic heterocycles. The van der Waals surface area contributed by atoms with Crippen molar-refractivity contribution in [3.63, 3.8) is 0 Å². The van der Waals surface area contributed by atoms with Crippen molar-refractivity contribution < 1.29 is 24.5 Å². The van der Waals surface area contributed by atoms with Gasteiger partial charge in [0.1, 0.15) is 23.9 Å². The van der Waals surface area contributed by atoms with Crippen molar-refractivity contribution in [3.05, 3.63) is 101 Å². The predicted molar refractivity (Wildman–Crippen MR) is 138 cm³/mol. The van der Waals surface area contributed by atoms with Gasteiger partial charge in [-0.2, -0.15) is 0 Å². The van der Waals surface area contributed by atoms with E-state index >= 15 is 0 Å². The Labute approximate surface area is 210 Å². The number of likely N-dealkylation sites (tertiary alicyclic amines) is 1. The van der Waals surface area contributed by atoms with E-state index in [0.717, 1.165) is 5.56 Å². The molecule has 7 heteroatoms. The van der Waals surface area contributed by atoms with Gasteiger partial charge in [0, 0.05) is 18.7 Å². The number of aryl methyl sites for hydroxylation is 1. The molecule has 36 heavy (non-hydrogen) atoms. The van der Waals surface area contributed by atoms with Crippen molar-refractivity contribution in [1.29, 1.82) is 0 Å². The number of phenolic OH excluding ortho intramolecular Hbond substituents is 1. The fourth-order valence-corrected chi connectivity index (χ4v) is 4.30. The Morgan fingerprint density at radius 2 is 1.69 bits per heavy atom. The van der Waals surface area contributed by atoms with Crippen LogP contribution < -0.4 is 4.74 Å². The van der Waals surface area contributed by atoms with Crippen LogP contribution in [0.2, 0.25) is 0 Å². The highest BCUT2D eigenvalue weighted by Crippen LogP contribution is 2.40. The Hall–Kier alpha value is -4.10. The molecule has 2 N–H and O–H groups in total. The molecule has 0 saturated carbocycles. The molecule has 0 aromatic heterocycles. The quantitative estimate of drug-likeness (QED) is 0.281. The van der Waals surface area contributed by atoms with E-state index in [-0.39, 0.29) is 17.1 Å². The number of carbonyl (C=O) groups is 2. The average molecular weight is 487 g/mol. The van der Waals surface area contributed by atoms with Gasteiger partial charge in [0.25, 0.3) is 11.7 Å². The van der Waals surface area contributed by atoms with Crippen LogP contribution >= 0.6 is 0 Å². The number of aliphatic hydroxyl groups is 1. The molecule has 0 bridgehead atoms. The lowest BCUT2D eigenvalue weighted by Crippen LogP contribution is -2.35. The maximum Gasteiger partial charge on any atom is 0.295 e. The lowest BCUT2D eigenvalue weighted by atomic mass is 9.94. The number of phenols is 1. The monoisotopic (exact) mass is 486 g/mol. The van der Waals surface area contributed by atoms with E-state index in [1.54, 1.807) is 30.3 Å². The van der Waals surface area contributed by atoms with Crippen LogP contribution in [0.3, 0.4) is 0 Å². The third-order valence-corrected chi connectivity index (χ3v) is 6.24. The number of ketones is 1. The second-order valence-corrected chi connectivity index (χ2v) is 9.14. The molecule has 1 amide bonds. The zero-order valence-corrected chi connectivity index (χ0v) is 20.6. The largest absolute Gasteiger partial charge is 0.508 e. The highest BCUT2D eigenvalue weighted by Gasteiger charge is 2.46. The third kappa shape index (κ3) is 5.26. The molecule has 4 rings (SSSR count). The van der Waals surface area contributed by atoms with Crippen LogP contribution in [0.25, 0.3) is 5.76 Å². The number of aromatic hydroxyl groups is 1. The smallest absolute Gasteiger partial charge is 0.295 e. The van der Waals surface area contributed by atoms with Crippen molar-refractivity contribution in [2.75, 3.05) is 27.2 Å². The van der Waals surface area contributed by atoms with Gasteiger partial charge >= 0.3 is 0 Å². The van der Waals surface area contributed by atoms with Gasteiger partial charge in [0.15, 0.2) is 0 Å². The van der Waals surface area contributed by atoms with Crippen molar-refractivity contribution in [2.24, 2.45) is 0 Å². The number of amides is 1. The van der Waals surface area contributed by atoms with E-state index < -0.39 is 17.7 Å². The first-order chi connectivity index (χ1) is 17.3. The summed E-state index contributed by atoms with van der Waals surface area (Å²) in [6.07, 6.45) is 0. The Morgan fingerprint density at radius 3 is 2.33 bits per heavy atom. The van der Waals surface area contributed by atoms with Gasteiger partial charge in [-0.3, -0.25) is 9.59 Å². The van der Waals surface area contributed by atoms with Crippen molar-refractivity contribution in [2.45, 2.75) is 19.6 Å². The average Bonchev–Trinajstić information content (AvgIpc) is 3.12. The number of rotatable bonds is 8. The molecule has 186 valence electrons. The summed E-state index contributed by atoms with van der Waals surface area (Å²) in [5, 5.41) is 21.1. The minimum atomic E-state index is -0.765. The van der Waals surface area contributed by atoms with Crippen molar-refractivity contribution >= 4 is 17.4 Å². The van der Waals surface area contributed by atoms with E-state index in [4.69, 9.17) is 4.74 Å². The first-order valence-corrected chi connectivity index (χ1v) is 11.8. The molecule has 0 radical (unpaired) electrons. The molecule has 1 heterocycles. The molecule has 3 aromatic carbocycles. The molecule has 1 atom stereocenters. The molecular weight excluding hydrogens is 456 g/mol. The molecule has 1 aliphatic rings. The summed E-state index contributed by atoms with van der Waals surface area (Å²) in [5.41, 5.74) is 2.87. The first-order valence-electron chi connectivity index (χ1n) is 11.8. The van der Waals surface area contributed by atoms with E-state index in [2.05, 4.69) is 0 Å². The highest BCUT2D eigenvalue weighted by molar-refractivity contribution is 6.46. The van der Waals surface area contributed by atoms with Gasteiger partial charge in [0.05, 0.1) is 11.6 Å². The summed E-state index contributed by atoms with van der Waals surface area (Å²) in [6, 6.07) is 20.6. The van der Waals surface area contributed by atoms with E-state index in [1.807, 2.05) is 56.3 Å². The minimum absolute atomic E-state index is 0.0329. The lowest BCUT2D eigenvalue weighted by Gasteiger charge is -2.26. The van der Waals surface area contributed by atoms with Crippen LogP contribution in [-0.2, 0) is 16.2 Å². The number of aliphatic hydroxyl groups excluding tert-OH is 1. The summed E-state index contributed by atoms with van der Waals surface area (Å²) in [7, 11) is 3.77. The zero-order chi connectivity index (χ0) is 25.8. The van der Waals surface area contributed by atoms with Crippen LogP contribution in [0.4, 0.5) is 0 Å². The summed E-state index contributed by atoms with van der Waals surface area (Å²) in [6.45, 7) is 3.09. The van der Waals surface area contributed by atoms with Crippen LogP contribution in [0.1, 0.15) is 28.3 Å². The minimum Gasteiger partial charge on any atom is -0.508 e. The molecular formula is C29H30N2O5. The van der Waals surface area contributed by atoms with Crippen LogP contribution in [0.15, 0.2) is 78.4 Å². The fraction of sp³-hybridized carbons (Fsp3) is 0.241. The zero-order valence-electron chi connectivity index (χ0n) is 20.6. The SMILES string of the molecule is Cc1cc(OCc2ccccc2)ccc1/C(O)=C1\C(=O)C(=O)N(CCN(C)C)[C@@H]1c1ccc(O)cc1. The van der Waals surface area contributed by atoms with Gasteiger partial charge in [0.2, 0.25) is 0 Å². The molecule has 7 nitrogen and oxygen atoms in total. The maximum absolute atomic E-state index is 13.2. The second kappa shape index (κ2) is 10.7. The number of ether oxygens (including phenoxy) is 1. The summed E-state index contributed by atoms with van der Waals surface area (Å²) < 4.78 is 5.89. The van der Waals surface area contributed by atoms with Gasteiger partial charge in [-0.05, 0) is 68.0 Å². The standard InChI is InChI=1S/C29H30N2O5/c1-19-17-23(36-18-20-7-5-4-6-8-20)13-14-24(19)27(33)25-26(21-9-11-22(32)12-10-21)31(16-15-30(2)3)29(35)28(25)34/h4-14,17,26,32-33H,15-16,18H2,1-3H3/b27-25+/t26-/m1/s1. The van der Waals surface area contributed by atoms with Crippen LogP contribution in [-0.4, -0.2) is 58.9 Å². The number of hydrogen-bond donors (Lipinski definition) is 2. The number of Topliss-reactive ketones (excluding diaryl/α,β-unsaturated/α-hetero) is 1. The van der Waals surface area contributed by atoms with E-state index in [9.17, 15) is 19.8 Å². The maximum atomic E-state index is 13.2. The van der Waals surface area contributed by atoms with Gasteiger partial charge in [-0.15, -0.1) is 0 Å². The molecule has 1 saturated heterocycles. The number of hydrogen-bond acceptors (Lipinski definition) is 6. The van der Waals surface area contributed by atoms with E-state index in [1.165, 1.54) is 17.0 Å². The Kier molecular flexibility index (Phi) is 7.41. The molecule has 3 aromatic rings. The molecule has 0 spiro atoms. The van der Waals surface area contributed by atoms with Crippen molar-refractivity contribution in [1.82, 2.24) is 9.80 Å². The number of carbonyl (C=O) groups excluding carboxylic acids is 2. The second-order valence-electron chi connectivity index (χ2n) is 9.14. The highest BCUT2D eigenvalue weighted by atomic mass is 16.5. The molecule has 0 aliphatic carbocycles. The van der Waals surface area contributed by atoms with E-state index in [0.29, 0.717) is 42.1 Å². The van der Waals surface area contributed by atoms with Gasteiger partial charge in [-0.25, -0.2) is 0 Å². The Morgan fingerprint density at radius 1 is 1.00 bits per heavy atom. The van der Waals surface area contributed by atoms with Crippen LogP contribution in [0.5, 0.6) is 11.5 Å². The summed E-state index contributed by atoms with van der Waals surface area (Å²) >= 11 is 0. The molecule has 0 unspecified atom stereocenters. The normalized spacial score (nSPS) is 17.1. The fourth-order valence-electron chi connectivity index (χ4n) is 4.30. The van der Waals surface area contributed by atoms with Crippen LogP contribution in [0, 0.1) is 6.92 Å². The van der Waals surface area contributed by atoms with Gasteiger partial charge in [-0.1, -0.05) is 42.5 Å². The third-order valence-electron chi connectivity index (χ3n) is 6.24. The summed E-state index contributed by atoms with van der Waals surface area (Å²) in [5.74, 6) is -0.906. The first kappa shape index (κ1) is 25.0. The van der Waals surface area contributed by atoms with Crippen molar-refractivity contribution in [3.8, 4) is 11.5 Å². The number of nitrogens with zero attached hydrogens (tertiary/aromatic N) is 2. The lowest BCUT2D eigenvalue weighted by molar-refractivity contribution is -0.140. The molecule has 1 fully saturated rings. The number of likely N-dealkylation sites (N-methyl/N-ethyl adjacent to an activating group) is 1. The predicted octanol–water partition coefficient (Wildman–Crippen LogP) is 4.26.